The zero-order chi connectivity index (χ0) is 21.6. The van der Waals surface area contributed by atoms with Crippen LogP contribution in [0.3, 0.4) is 0 Å². The predicted octanol–water partition coefficient (Wildman–Crippen LogP) is 2.90. The van der Waals surface area contributed by atoms with Gasteiger partial charge in [0.05, 0.1) is 13.2 Å². The van der Waals surface area contributed by atoms with E-state index in [9.17, 15) is 14.4 Å². The highest BCUT2D eigenvalue weighted by Crippen LogP contribution is 2.26. The van der Waals surface area contributed by atoms with Crippen LogP contribution in [-0.2, 0) is 16.1 Å². The molecule has 0 radical (unpaired) electrons. The maximum atomic E-state index is 12.5. The molecule has 0 saturated carbocycles. The molecule has 29 heavy (non-hydrogen) atoms. The van der Waals surface area contributed by atoms with Crippen LogP contribution in [0.25, 0.3) is 0 Å². The second-order valence-electron chi connectivity index (χ2n) is 6.26. The Kier molecular flexibility index (Phi) is 8.57. The van der Waals surface area contributed by atoms with Gasteiger partial charge in [-0.15, -0.1) is 0 Å². The SMILES string of the molecule is COc1ccc(COC(=O)N2C[C@@H](S)C[C@H]2CNC(=O)NC(=O)C(Cl)(Cl)Cl)cc1. The van der Waals surface area contributed by atoms with Crippen LogP contribution in [-0.4, -0.2) is 58.2 Å². The van der Waals surface area contributed by atoms with Crippen molar-refractivity contribution in [3.63, 3.8) is 0 Å². The van der Waals surface area contributed by atoms with Crippen molar-refractivity contribution in [3.05, 3.63) is 29.8 Å². The van der Waals surface area contributed by atoms with Gasteiger partial charge in [-0.2, -0.15) is 12.6 Å². The molecular formula is C17H20Cl3N3O5S. The first-order chi connectivity index (χ1) is 13.6. The van der Waals surface area contributed by atoms with Crippen LogP contribution in [0.4, 0.5) is 9.59 Å². The van der Waals surface area contributed by atoms with E-state index >= 15 is 0 Å². The van der Waals surface area contributed by atoms with Crippen molar-refractivity contribution in [1.29, 1.82) is 0 Å². The maximum Gasteiger partial charge on any atom is 0.410 e. The minimum Gasteiger partial charge on any atom is -0.497 e. The molecule has 0 spiro atoms. The van der Waals surface area contributed by atoms with E-state index in [1.54, 1.807) is 31.4 Å². The lowest BCUT2D eigenvalue weighted by molar-refractivity contribution is -0.119. The van der Waals surface area contributed by atoms with Gasteiger partial charge in [0.15, 0.2) is 0 Å². The Bertz CT molecular complexity index is 745. The van der Waals surface area contributed by atoms with Gasteiger partial charge in [0, 0.05) is 18.3 Å². The van der Waals surface area contributed by atoms with Gasteiger partial charge < -0.3 is 19.7 Å². The minimum atomic E-state index is -2.25. The van der Waals surface area contributed by atoms with Crippen molar-refractivity contribution in [3.8, 4) is 5.75 Å². The number of carbonyl (C=O) groups is 3. The van der Waals surface area contributed by atoms with Crippen molar-refractivity contribution < 1.29 is 23.9 Å². The number of hydrogen-bond donors (Lipinski definition) is 3. The van der Waals surface area contributed by atoms with Crippen LogP contribution >= 0.6 is 47.4 Å². The summed E-state index contributed by atoms with van der Waals surface area (Å²) in [5.74, 6) is -0.371. The van der Waals surface area contributed by atoms with Crippen molar-refractivity contribution in [1.82, 2.24) is 15.5 Å². The van der Waals surface area contributed by atoms with E-state index < -0.39 is 21.8 Å². The Labute approximate surface area is 188 Å². The van der Waals surface area contributed by atoms with E-state index in [1.807, 2.05) is 5.32 Å². The summed E-state index contributed by atoms with van der Waals surface area (Å²) >= 11 is 20.6. The first-order valence-corrected chi connectivity index (χ1v) is 10.2. The van der Waals surface area contributed by atoms with Crippen LogP contribution in [0.15, 0.2) is 24.3 Å². The van der Waals surface area contributed by atoms with E-state index in [2.05, 4.69) is 17.9 Å². The molecule has 1 saturated heterocycles. The number of halogens is 3. The lowest BCUT2D eigenvalue weighted by Crippen LogP contribution is -2.49. The molecule has 4 amide bonds. The third kappa shape index (κ3) is 7.33. The molecule has 2 atom stereocenters. The molecule has 12 heteroatoms. The van der Waals surface area contributed by atoms with E-state index in [4.69, 9.17) is 44.3 Å². The number of nitrogens with one attached hydrogen (secondary N) is 2. The number of likely N-dealkylation sites (tertiary alicyclic amines) is 1. The summed E-state index contributed by atoms with van der Waals surface area (Å²) in [6.07, 6.45) is 0.0151. The van der Waals surface area contributed by atoms with Gasteiger partial charge in [0.25, 0.3) is 9.70 Å². The molecule has 0 bridgehead atoms. The molecule has 2 N–H and O–H groups in total. The van der Waals surface area contributed by atoms with Crippen molar-refractivity contribution in [2.75, 3.05) is 20.2 Å². The number of benzene rings is 1. The summed E-state index contributed by atoms with van der Waals surface area (Å²) in [4.78, 5) is 37.2. The zero-order valence-corrected chi connectivity index (χ0v) is 18.5. The van der Waals surface area contributed by atoms with Gasteiger partial charge in [-0.3, -0.25) is 10.1 Å². The summed E-state index contributed by atoms with van der Waals surface area (Å²) in [6, 6.07) is 5.94. The fourth-order valence-electron chi connectivity index (χ4n) is 2.69. The Balaban J connectivity index is 1.85. The van der Waals surface area contributed by atoms with Gasteiger partial charge in [0.1, 0.15) is 12.4 Å². The summed E-state index contributed by atoms with van der Waals surface area (Å²) in [6.45, 7) is 0.536. The Morgan fingerprint density at radius 3 is 2.48 bits per heavy atom. The molecule has 1 heterocycles. The molecule has 0 aromatic heterocycles. The van der Waals surface area contributed by atoms with E-state index in [1.165, 1.54) is 4.90 Å². The van der Waals surface area contributed by atoms with Gasteiger partial charge >= 0.3 is 12.1 Å². The standard InChI is InChI=1S/C17H20Cl3N3O5S/c1-27-12-4-2-10(3-5-12)9-28-16(26)23-8-13(29)6-11(23)7-21-15(25)22-14(24)17(18,19)20/h2-5,11,13,29H,6-9H2,1H3,(H2,21,22,24,25)/t11-,13-/m0/s1. The number of imide groups is 1. The lowest BCUT2D eigenvalue weighted by atomic mass is 10.2. The van der Waals surface area contributed by atoms with Gasteiger partial charge in [-0.1, -0.05) is 46.9 Å². The molecule has 160 valence electrons. The van der Waals surface area contributed by atoms with Gasteiger partial charge in [0.2, 0.25) is 0 Å². The number of thiol groups is 1. The largest absolute Gasteiger partial charge is 0.497 e. The number of hydrogen-bond acceptors (Lipinski definition) is 6. The molecule has 8 nitrogen and oxygen atoms in total. The molecule has 1 aromatic rings. The van der Waals surface area contributed by atoms with Crippen molar-refractivity contribution >= 4 is 65.5 Å². The van der Waals surface area contributed by atoms with Crippen LogP contribution in [0.5, 0.6) is 5.75 Å². The fourth-order valence-corrected chi connectivity index (χ4v) is 3.25. The van der Waals surface area contributed by atoms with Crippen LogP contribution < -0.4 is 15.4 Å². The smallest absolute Gasteiger partial charge is 0.410 e. The lowest BCUT2D eigenvalue weighted by Gasteiger charge is -2.24. The number of methoxy groups -OCH3 is 1. The number of nitrogens with zero attached hydrogens (tertiary/aromatic N) is 1. The number of urea groups is 1. The summed E-state index contributed by atoms with van der Waals surface area (Å²) < 4.78 is 8.19. The zero-order valence-electron chi connectivity index (χ0n) is 15.4. The van der Waals surface area contributed by atoms with Crippen LogP contribution in [0, 0.1) is 0 Å². The number of alkyl halides is 3. The predicted molar refractivity (Wildman–Crippen MR) is 113 cm³/mol. The van der Waals surface area contributed by atoms with E-state index in [0.29, 0.717) is 18.7 Å². The molecule has 1 aliphatic heterocycles. The van der Waals surface area contributed by atoms with Crippen LogP contribution in [0.2, 0.25) is 0 Å². The Morgan fingerprint density at radius 2 is 1.90 bits per heavy atom. The highest BCUT2D eigenvalue weighted by molar-refractivity contribution is 7.81. The third-order valence-corrected chi connectivity index (χ3v) is 5.02. The summed E-state index contributed by atoms with van der Waals surface area (Å²) in [5.41, 5.74) is 0.806. The van der Waals surface area contributed by atoms with Gasteiger partial charge in [-0.05, 0) is 24.1 Å². The van der Waals surface area contributed by atoms with Crippen LogP contribution in [0.1, 0.15) is 12.0 Å². The topological polar surface area (TPSA) is 97.0 Å². The average molecular weight is 485 g/mol. The normalized spacial score (nSPS) is 18.9. The molecule has 1 fully saturated rings. The fraction of sp³-hybridized carbons (Fsp3) is 0.471. The number of carbonyl (C=O) groups excluding carboxylic acids is 3. The van der Waals surface area contributed by atoms with Gasteiger partial charge in [-0.25, -0.2) is 9.59 Å². The second kappa shape index (κ2) is 10.5. The van der Waals surface area contributed by atoms with Crippen molar-refractivity contribution in [2.24, 2.45) is 0 Å². The molecule has 1 aromatic carbocycles. The summed E-state index contributed by atoms with van der Waals surface area (Å²) in [7, 11) is 1.57. The quantitative estimate of drug-likeness (QED) is 0.441. The average Bonchev–Trinajstić information content (AvgIpc) is 3.04. The van der Waals surface area contributed by atoms with E-state index in [-0.39, 0.29) is 24.4 Å². The first-order valence-electron chi connectivity index (χ1n) is 8.50. The first kappa shape index (κ1) is 23.7. The highest BCUT2D eigenvalue weighted by atomic mass is 35.6. The Morgan fingerprint density at radius 1 is 1.24 bits per heavy atom. The molecular weight excluding hydrogens is 465 g/mol. The third-order valence-electron chi connectivity index (χ3n) is 4.13. The molecule has 0 unspecified atom stereocenters. The molecule has 0 aliphatic carbocycles. The molecule has 2 rings (SSSR count). The highest BCUT2D eigenvalue weighted by Gasteiger charge is 2.36. The van der Waals surface area contributed by atoms with E-state index in [0.717, 1.165) is 5.56 Å². The molecule has 1 aliphatic rings. The second-order valence-corrected chi connectivity index (χ2v) is 9.27. The Hall–Kier alpha value is -1.55. The summed E-state index contributed by atoms with van der Waals surface area (Å²) in [5, 5.41) is 4.31. The monoisotopic (exact) mass is 483 g/mol. The number of amides is 4. The number of rotatable bonds is 5. The van der Waals surface area contributed by atoms with Crippen molar-refractivity contribution in [2.45, 2.75) is 28.1 Å². The maximum absolute atomic E-state index is 12.5. The minimum absolute atomic E-state index is 0.0683. The number of ether oxygens (including phenoxy) is 2.